The zero-order valence-electron chi connectivity index (χ0n) is 40.1. The van der Waals surface area contributed by atoms with Crippen molar-refractivity contribution in [3.05, 3.63) is 192 Å². The molecule has 9 aromatic rings. The fourth-order valence-corrected chi connectivity index (χ4v) is 8.99. The van der Waals surface area contributed by atoms with Crippen molar-refractivity contribution in [3.8, 4) is 78.6 Å². The number of aromatic hydroxyl groups is 1. The van der Waals surface area contributed by atoms with E-state index in [-0.39, 0.29) is 28.4 Å². The highest BCUT2D eigenvalue weighted by molar-refractivity contribution is 5.97. The quantitative estimate of drug-likeness (QED) is 0.157. The molecule has 0 atom stereocenters. The molecule has 2 aromatic heterocycles. The van der Waals surface area contributed by atoms with Crippen LogP contribution in [-0.4, -0.2) is 19.6 Å². The van der Waals surface area contributed by atoms with Crippen molar-refractivity contribution >= 4 is 11.0 Å². The van der Waals surface area contributed by atoms with Gasteiger partial charge in [-0.3, -0.25) is 9.55 Å². The highest BCUT2D eigenvalue weighted by atomic mass is 16.3. The molecule has 4 heteroatoms. The Morgan fingerprint density at radius 1 is 0.470 bits per heavy atom. The van der Waals surface area contributed by atoms with E-state index in [1.165, 1.54) is 27.8 Å². The lowest BCUT2D eigenvalue weighted by molar-refractivity contribution is 0.466. The van der Waals surface area contributed by atoms with E-state index in [9.17, 15) is 5.11 Å². The van der Waals surface area contributed by atoms with E-state index in [1.54, 1.807) is 0 Å². The Balaban J connectivity index is 1.27. The Morgan fingerprint density at radius 2 is 1.05 bits per heavy atom. The summed E-state index contributed by atoms with van der Waals surface area (Å²) in [5.41, 5.74) is 18.8. The molecule has 0 aliphatic carbocycles. The van der Waals surface area contributed by atoms with Crippen LogP contribution in [0, 0.1) is 0 Å². The molecule has 0 spiro atoms. The average Bonchev–Trinajstić information content (AvgIpc) is 3.71. The summed E-state index contributed by atoms with van der Waals surface area (Å²) in [5, 5.41) is 12.3. The summed E-state index contributed by atoms with van der Waals surface area (Å²) < 4.78 is 2.28. The minimum absolute atomic E-state index is 0.115. The van der Waals surface area contributed by atoms with Gasteiger partial charge in [0, 0.05) is 23.0 Å². The number of aromatic nitrogens is 3. The van der Waals surface area contributed by atoms with Crippen molar-refractivity contribution in [3.63, 3.8) is 0 Å². The number of fused-ring (bicyclic) bond motifs is 1. The maximum Gasteiger partial charge on any atom is 0.149 e. The molecule has 0 aliphatic rings. The van der Waals surface area contributed by atoms with Gasteiger partial charge in [0.05, 0.1) is 22.3 Å². The summed E-state index contributed by atoms with van der Waals surface area (Å²) in [6.07, 6.45) is 1.92. The number of phenolic OH excluding ortho intramolecular Hbond substituents is 1. The van der Waals surface area contributed by atoms with Crippen LogP contribution < -0.4 is 0 Å². The van der Waals surface area contributed by atoms with Crippen LogP contribution in [0.2, 0.25) is 0 Å². The van der Waals surface area contributed by atoms with Gasteiger partial charge in [0.1, 0.15) is 11.6 Å². The van der Waals surface area contributed by atoms with Crippen LogP contribution in [-0.2, 0) is 10.8 Å². The van der Waals surface area contributed by atoms with Crippen LogP contribution in [0.4, 0.5) is 0 Å². The largest absolute Gasteiger partial charge is 0.507 e. The van der Waals surface area contributed by atoms with Gasteiger partial charge in [0.25, 0.3) is 0 Å². The predicted octanol–water partition coefficient (Wildman–Crippen LogP) is 17.0. The first kappa shape index (κ1) is 44.2. The van der Waals surface area contributed by atoms with E-state index in [0.717, 1.165) is 72.5 Å². The van der Waals surface area contributed by atoms with Crippen LogP contribution >= 0.6 is 0 Å². The molecule has 0 saturated heterocycles. The molecule has 66 heavy (non-hydrogen) atoms. The summed E-state index contributed by atoms with van der Waals surface area (Å²) in [7, 11) is 0. The van der Waals surface area contributed by atoms with Crippen LogP contribution in [0.1, 0.15) is 103 Å². The zero-order chi connectivity index (χ0) is 46.5. The molecule has 9 rings (SSSR count). The number of benzene rings is 7. The molecule has 0 amide bonds. The summed E-state index contributed by atoms with van der Waals surface area (Å²) in [6.45, 7) is 22.3. The minimum atomic E-state index is -0.147. The van der Waals surface area contributed by atoms with E-state index >= 15 is 0 Å². The van der Waals surface area contributed by atoms with Gasteiger partial charge in [-0.25, -0.2) is 4.98 Å². The molecular formula is C62H61N3O. The van der Waals surface area contributed by atoms with Crippen molar-refractivity contribution in [1.82, 2.24) is 14.5 Å². The number of nitrogens with zero attached hydrogens (tertiary/aromatic N) is 3. The van der Waals surface area contributed by atoms with Crippen molar-refractivity contribution in [2.45, 2.75) is 91.9 Å². The van der Waals surface area contributed by atoms with Gasteiger partial charge in [-0.2, -0.15) is 0 Å². The number of pyridine rings is 1. The van der Waals surface area contributed by atoms with Crippen molar-refractivity contribution in [2.75, 3.05) is 0 Å². The van der Waals surface area contributed by atoms with Crippen LogP contribution in [0.5, 0.6) is 5.75 Å². The number of para-hydroxylation sites is 1. The molecule has 0 fully saturated rings. The van der Waals surface area contributed by atoms with E-state index in [1.807, 2.05) is 6.20 Å². The molecule has 330 valence electrons. The molecule has 0 saturated carbocycles. The average molecular weight is 864 g/mol. The maximum absolute atomic E-state index is 12.3. The normalized spacial score (nSPS) is 12.1. The lowest BCUT2D eigenvalue weighted by atomic mass is 9.83. The van der Waals surface area contributed by atoms with Gasteiger partial charge in [-0.1, -0.05) is 184 Å². The highest BCUT2D eigenvalue weighted by Crippen LogP contribution is 2.44. The Labute approximate surface area is 391 Å². The van der Waals surface area contributed by atoms with E-state index in [4.69, 9.17) is 9.97 Å². The second kappa shape index (κ2) is 17.4. The van der Waals surface area contributed by atoms with Crippen LogP contribution in [0.25, 0.3) is 83.9 Å². The topological polar surface area (TPSA) is 50.9 Å². The molecule has 0 unspecified atom stereocenters. The Morgan fingerprint density at radius 3 is 1.67 bits per heavy atom. The first-order chi connectivity index (χ1) is 31.5. The second-order valence-corrected chi connectivity index (χ2v) is 20.6. The van der Waals surface area contributed by atoms with Gasteiger partial charge in [-0.05, 0) is 132 Å². The van der Waals surface area contributed by atoms with Crippen molar-refractivity contribution in [1.29, 1.82) is 0 Å². The Hall–Kier alpha value is -7.04. The van der Waals surface area contributed by atoms with Crippen molar-refractivity contribution < 1.29 is 5.11 Å². The molecule has 2 heterocycles. The van der Waals surface area contributed by atoms with Crippen LogP contribution in [0.15, 0.2) is 170 Å². The standard InChI is InChI=1S/C62H61N3O/c1-39(2)46-35-54(40(3)4)59(66)55(36-46)60-64-58-53(22-17-23-57(58)65(60)52-34-47(42-20-15-12-16-21-42)31-51(38-52)62(8,9)10)48-30-49(33-50(32-48)61(5,6)7)56-37-45(28-29-63-56)44-26-24-43(25-27-44)41-18-13-11-14-19-41/h11-40,66H,1-10H3. The van der Waals surface area contributed by atoms with Gasteiger partial charge >= 0.3 is 0 Å². The maximum atomic E-state index is 12.3. The van der Waals surface area contributed by atoms with E-state index in [2.05, 4.69) is 238 Å². The number of rotatable bonds is 9. The van der Waals surface area contributed by atoms with Gasteiger partial charge in [0.15, 0.2) is 0 Å². The molecule has 0 bridgehead atoms. The van der Waals surface area contributed by atoms with E-state index < -0.39 is 0 Å². The number of imidazole rings is 1. The lowest BCUT2D eigenvalue weighted by Gasteiger charge is -2.23. The fraction of sp³-hybridized carbons (Fsp3) is 0.226. The first-order valence-corrected chi connectivity index (χ1v) is 23.4. The molecule has 4 nitrogen and oxygen atoms in total. The third kappa shape index (κ3) is 8.73. The molecule has 7 aromatic carbocycles. The minimum Gasteiger partial charge on any atom is -0.507 e. The summed E-state index contributed by atoms with van der Waals surface area (Å²) in [4.78, 5) is 10.6. The number of hydrogen-bond donors (Lipinski definition) is 1. The summed E-state index contributed by atoms with van der Waals surface area (Å²) in [6, 6.07) is 58.9. The summed E-state index contributed by atoms with van der Waals surface area (Å²) in [5.74, 6) is 1.36. The van der Waals surface area contributed by atoms with E-state index in [0.29, 0.717) is 5.82 Å². The Kier molecular flexibility index (Phi) is 11.6. The monoisotopic (exact) mass is 863 g/mol. The third-order valence-electron chi connectivity index (χ3n) is 13.0. The number of hydrogen-bond acceptors (Lipinski definition) is 3. The molecular weight excluding hydrogens is 803 g/mol. The van der Waals surface area contributed by atoms with Crippen LogP contribution in [0.3, 0.4) is 0 Å². The van der Waals surface area contributed by atoms with Gasteiger partial charge in [-0.15, -0.1) is 0 Å². The first-order valence-electron chi connectivity index (χ1n) is 23.4. The second-order valence-electron chi connectivity index (χ2n) is 20.6. The van der Waals surface area contributed by atoms with Gasteiger partial charge in [0.2, 0.25) is 0 Å². The highest BCUT2D eigenvalue weighted by Gasteiger charge is 2.26. The van der Waals surface area contributed by atoms with Crippen molar-refractivity contribution in [2.24, 2.45) is 0 Å². The summed E-state index contributed by atoms with van der Waals surface area (Å²) >= 11 is 0. The predicted molar refractivity (Wildman–Crippen MR) is 279 cm³/mol. The molecule has 1 N–H and O–H groups in total. The smallest absolute Gasteiger partial charge is 0.149 e. The SMILES string of the molecule is CC(C)c1cc(-c2nc3c(-c4cc(-c5cc(-c6ccc(-c7ccccc7)cc6)ccn5)cc(C(C)(C)C)c4)cccc3n2-c2cc(-c3ccccc3)cc(C(C)(C)C)c2)c(O)c(C(C)C)c1. The molecule has 0 radical (unpaired) electrons. The fourth-order valence-electron chi connectivity index (χ4n) is 8.99. The zero-order valence-corrected chi connectivity index (χ0v) is 40.1. The molecule has 0 aliphatic heterocycles. The lowest BCUT2D eigenvalue weighted by Crippen LogP contribution is -2.12. The number of phenols is 1. The Bertz CT molecular complexity index is 3200. The third-order valence-corrected chi connectivity index (χ3v) is 13.0. The van der Waals surface area contributed by atoms with Gasteiger partial charge < -0.3 is 5.11 Å².